The molecule has 0 aromatic rings. The molecule has 5 heteroatoms. The van der Waals surface area contributed by atoms with E-state index in [9.17, 15) is 9.59 Å². The summed E-state index contributed by atoms with van der Waals surface area (Å²) in [5, 5.41) is 8.59. The average molecular weight is 216 g/mol. The Bertz CT molecular complexity index is 229. The highest BCUT2D eigenvalue weighted by Gasteiger charge is 2.22. The van der Waals surface area contributed by atoms with E-state index < -0.39 is 12.0 Å². The van der Waals surface area contributed by atoms with Crippen molar-refractivity contribution in [3.05, 3.63) is 0 Å². The summed E-state index contributed by atoms with van der Waals surface area (Å²) in [5.41, 5.74) is 5.69. The first-order valence-electron chi connectivity index (χ1n) is 5.14. The van der Waals surface area contributed by atoms with Crippen LogP contribution in [0.1, 0.15) is 27.2 Å². The van der Waals surface area contributed by atoms with Crippen molar-refractivity contribution in [2.45, 2.75) is 33.2 Å². The molecule has 0 saturated heterocycles. The number of rotatable bonds is 6. The van der Waals surface area contributed by atoms with E-state index in [0.717, 1.165) is 0 Å². The number of carbonyl (C=O) groups is 2. The second kappa shape index (κ2) is 6.40. The molecule has 0 aromatic carbocycles. The zero-order chi connectivity index (χ0) is 12.0. The third kappa shape index (κ3) is 5.37. The lowest BCUT2D eigenvalue weighted by atomic mass is 10.0. The molecule has 0 saturated carbocycles. The van der Waals surface area contributed by atoms with Gasteiger partial charge in [0, 0.05) is 6.54 Å². The number of hydrogen-bond acceptors (Lipinski definition) is 3. The lowest BCUT2D eigenvalue weighted by molar-refractivity contribution is -0.145. The molecular formula is C10H20N2O3. The zero-order valence-corrected chi connectivity index (χ0v) is 9.56. The van der Waals surface area contributed by atoms with Crippen LogP contribution in [0.3, 0.4) is 0 Å². The number of hydrogen-bond donors (Lipinski definition) is 2. The molecule has 0 aliphatic rings. The van der Waals surface area contributed by atoms with E-state index in [1.54, 1.807) is 6.92 Å². The first-order chi connectivity index (χ1) is 6.88. The lowest BCUT2D eigenvalue weighted by Gasteiger charge is -2.23. The van der Waals surface area contributed by atoms with Crippen molar-refractivity contribution in [1.29, 1.82) is 0 Å². The van der Waals surface area contributed by atoms with E-state index in [1.807, 2.05) is 13.8 Å². The number of likely N-dealkylation sites (N-methyl/N-ethyl adjacent to an activating group) is 1. The molecule has 0 fully saturated rings. The van der Waals surface area contributed by atoms with Gasteiger partial charge in [-0.2, -0.15) is 0 Å². The van der Waals surface area contributed by atoms with E-state index >= 15 is 0 Å². The number of aliphatic carboxylic acids is 1. The molecule has 3 N–H and O–H groups in total. The Labute approximate surface area is 90.2 Å². The summed E-state index contributed by atoms with van der Waals surface area (Å²) in [7, 11) is 0. The predicted octanol–water partition coefficient (Wildman–Crippen LogP) is 0.293. The average Bonchev–Trinajstić information content (AvgIpc) is 2.11. The minimum absolute atomic E-state index is 0.277. The van der Waals surface area contributed by atoms with Gasteiger partial charge in [-0.25, -0.2) is 0 Å². The van der Waals surface area contributed by atoms with Gasteiger partial charge in [0.15, 0.2) is 0 Å². The first kappa shape index (κ1) is 13.9. The lowest BCUT2D eigenvalue weighted by Crippen LogP contribution is -2.46. The van der Waals surface area contributed by atoms with Gasteiger partial charge in [-0.05, 0) is 19.3 Å². The van der Waals surface area contributed by atoms with Crippen LogP contribution in [0.15, 0.2) is 0 Å². The van der Waals surface area contributed by atoms with Crippen LogP contribution in [0.5, 0.6) is 0 Å². The van der Waals surface area contributed by atoms with Crippen molar-refractivity contribution < 1.29 is 14.7 Å². The molecule has 0 radical (unpaired) electrons. The van der Waals surface area contributed by atoms with Crippen molar-refractivity contribution >= 4 is 11.9 Å². The summed E-state index contributed by atoms with van der Waals surface area (Å²) in [6, 6.07) is -0.593. The molecule has 15 heavy (non-hydrogen) atoms. The van der Waals surface area contributed by atoms with Crippen LogP contribution < -0.4 is 5.73 Å². The Morgan fingerprint density at radius 3 is 2.27 bits per heavy atom. The summed E-state index contributed by atoms with van der Waals surface area (Å²) in [5.74, 6) is -0.969. The van der Waals surface area contributed by atoms with Crippen molar-refractivity contribution in [3.63, 3.8) is 0 Å². The molecule has 1 amide bonds. The molecule has 1 atom stereocenters. The van der Waals surface area contributed by atoms with E-state index in [2.05, 4.69) is 0 Å². The van der Waals surface area contributed by atoms with Crippen LogP contribution in [-0.4, -0.2) is 41.0 Å². The number of carboxylic acids is 1. The van der Waals surface area contributed by atoms with Gasteiger partial charge < -0.3 is 15.7 Å². The second-order valence-corrected chi connectivity index (χ2v) is 3.98. The highest BCUT2D eigenvalue weighted by Crippen LogP contribution is 2.05. The highest BCUT2D eigenvalue weighted by atomic mass is 16.4. The molecule has 0 aromatic heterocycles. The smallest absolute Gasteiger partial charge is 0.323 e. The molecule has 5 nitrogen and oxygen atoms in total. The molecule has 0 heterocycles. The Morgan fingerprint density at radius 2 is 1.93 bits per heavy atom. The van der Waals surface area contributed by atoms with Gasteiger partial charge in [0.25, 0.3) is 0 Å². The van der Waals surface area contributed by atoms with Gasteiger partial charge in [0.2, 0.25) is 5.91 Å². The van der Waals surface area contributed by atoms with Crippen LogP contribution in [0.25, 0.3) is 0 Å². The maximum atomic E-state index is 11.7. The Hall–Kier alpha value is -1.10. The van der Waals surface area contributed by atoms with Gasteiger partial charge >= 0.3 is 5.97 Å². The maximum absolute atomic E-state index is 11.7. The monoisotopic (exact) mass is 216 g/mol. The molecule has 88 valence electrons. The van der Waals surface area contributed by atoms with Gasteiger partial charge in [0.05, 0.1) is 6.04 Å². The van der Waals surface area contributed by atoms with Crippen molar-refractivity contribution in [2.75, 3.05) is 13.1 Å². The zero-order valence-electron chi connectivity index (χ0n) is 9.56. The first-order valence-corrected chi connectivity index (χ1v) is 5.14. The van der Waals surface area contributed by atoms with Crippen LogP contribution >= 0.6 is 0 Å². The Morgan fingerprint density at radius 1 is 1.40 bits per heavy atom. The topological polar surface area (TPSA) is 83.6 Å². The summed E-state index contributed by atoms with van der Waals surface area (Å²) >= 11 is 0. The SMILES string of the molecule is CCN(CC(=O)O)C(=O)[C@H](N)CC(C)C. The normalized spacial score (nSPS) is 12.6. The number of amides is 1. The second-order valence-electron chi connectivity index (χ2n) is 3.98. The van der Waals surface area contributed by atoms with Crippen LogP contribution in [0.4, 0.5) is 0 Å². The van der Waals surface area contributed by atoms with Crippen molar-refractivity contribution in [3.8, 4) is 0 Å². The van der Waals surface area contributed by atoms with Gasteiger partial charge in [-0.1, -0.05) is 13.8 Å². The van der Waals surface area contributed by atoms with Crippen molar-refractivity contribution in [1.82, 2.24) is 4.90 Å². The summed E-state index contributed by atoms with van der Waals surface area (Å²) in [6.07, 6.45) is 0.578. The minimum atomic E-state index is -1.01. The number of nitrogens with zero attached hydrogens (tertiary/aromatic N) is 1. The van der Waals surface area contributed by atoms with E-state index in [-0.39, 0.29) is 12.5 Å². The van der Waals surface area contributed by atoms with Gasteiger partial charge in [-0.3, -0.25) is 9.59 Å². The fourth-order valence-electron chi connectivity index (χ4n) is 1.35. The van der Waals surface area contributed by atoms with E-state index in [4.69, 9.17) is 10.8 Å². The quantitative estimate of drug-likeness (QED) is 0.668. The molecule has 0 spiro atoms. The minimum Gasteiger partial charge on any atom is -0.480 e. The molecule has 0 aliphatic carbocycles. The number of carbonyl (C=O) groups excluding carboxylic acids is 1. The molecule has 0 rings (SSSR count). The fourth-order valence-corrected chi connectivity index (χ4v) is 1.35. The Kier molecular flexibility index (Phi) is 5.93. The number of nitrogens with two attached hydrogens (primary N) is 1. The largest absolute Gasteiger partial charge is 0.480 e. The van der Waals surface area contributed by atoms with Gasteiger partial charge in [-0.15, -0.1) is 0 Å². The predicted molar refractivity (Wildman–Crippen MR) is 57.3 cm³/mol. The molecular weight excluding hydrogens is 196 g/mol. The Balaban J connectivity index is 4.30. The van der Waals surface area contributed by atoms with E-state index in [0.29, 0.717) is 18.9 Å². The third-order valence-electron chi connectivity index (χ3n) is 2.06. The van der Waals surface area contributed by atoms with Crippen LogP contribution in [0, 0.1) is 5.92 Å². The molecule has 0 bridgehead atoms. The maximum Gasteiger partial charge on any atom is 0.323 e. The summed E-state index contributed by atoms with van der Waals surface area (Å²) in [4.78, 5) is 23.4. The standard InChI is InChI=1S/C10H20N2O3/c1-4-12(6-9(13)14)10(15)8(11)5-7(2)3/h7-8H,4-6,11H2,1-3H3,(H,13,14)/t8-/m1/s1. The van der Waals surface area contributed by atoms with E-state index in [1.165, 1.54) is 4.90 Å². The van der Waals surface area contributed by atoms with Gasteiger partial charge in [0.1, 0.15) is 6.54 Å². The summed E-state index contributed by atoms with van der Waals surface area (Å²) < 4.78 is 0. The molecule has 0 aliphatic heterocycles. The molecule has 0 unspecified atom stereocenters. The van der Waals surface area contributed by atoms with Crippen LogP contribution in [0.2, 0.25) is 0 Å². The number of carboxylic acid groups (broad SMARTS) is 1. The third-order valence-corrected chi connectivity index (χ3v) is 2.06. The van der Waals surface area contributed by atoms with Crippen LogP contribution in [-0.2, 0) is 9.59 Å². The van der Waals surface area contributed by atoms with Crippen molar-refractivity contribution in [2.24, 2.45) is 11.7 Å². The summed E-state index contributed by atoms with van der Waals surface area (Å²) in [6.45, 7) is 5.78. The fraction of sp³-hybridized carbons (Fsp3) is 0.800. The highest BCUT2D eigenvalue weighted by molar-refractivity contribution is 5.85.